The predicted molar refractivity (Wildman–Crippen MR) is 35.7 cm³/mol. The first-order chi connectivity index (χ1) is 3.68. The highest BCUT2D eigenvalue weighted by atomic mass is 16.3. The Hall–Kier alpha value is -0.720. The number of hydrogen-bond donors (Lipinski definition) is 1. The number of rotatable bonds is 3. The van der Waals surface area contributed by atoms with E-state index in [-0.39, 0.29) is 11.7 Å². The van der Waals surface area contributed by atoms with Gasteiger partial charge in [-0.15, -0.1) is 6.58 Å². The van der Waals surface area contributed by atoms with E-state index >= 15 is 0 Å². The second-order valence-corrected chi connectivity index (χ2v) is 1.92. The Balaban J connectivity index is 3.46. The maximum absolute atomic E-state index is 8.71. The summed E-state index contributed by atoms with van der Waals surface area (Å²) in [6, 6.07) is 0. The standard InChI is InChI=1S/C7H12O/c1-4-5-6(2)7(3)8/h4,6,8H,1,3,5H2,2H3. The van der Waals surface area contributed by atoms with Gasteiger partial charge in [0.15, 0.2) is 0 Å². The SMILES string of the molecule is C=CCC(C)C(=C)O. The van der Waals surface area contributed by atoms with Gasteiger partial charge in [-0.2, -0.15) is 0 Å². The first kappa shape index (κ1) is 7.28. The van der Waals surface area contributed by atoms with Crippen molar-refractivity contribution in [3.63, 3.8) is 0 Å². The van der Waals surface area contributed by atoms with Crippen LogP contribution in [0.1, 0.15) is 13.3 Å². The molecule has 0 saturated heterocycles. The van der Waals surface area contributed by atoms with Crippen molar-refractivity contribution in [2.24, 2.45) is 5.92 Å². The van der Waals surface area contributed by atoms with Crippen molar-refractivity contribution in [2.45, 2.75) is 13.3 Å². The number of aliphatic hydroxyl groups excluding tert-OH is 1. The van der Waals surface area contributed by atoms with Crippen molar-refractivity contribution in [3.8, 4) is 0 Å². The van der Waals surface area contributed by atoms with Crippen LogP contribution < -0.4 is 0 Å². The Morgan fingerprint density at radius 1 is 1.88 bits per heavy atom. The monoisotopic (exact) mass is 112 g/mol. The second kappa shape index (κ2) is 3.30. The zero-order valence-corrected chi connectivity index (χ0v) is 5.22. The molecule has 0 amide bonds. The molecule has 0 bridgehead atoms. The zero-order valence-electron chi connectivity index (χ0n) is 5.22. The van der Waals surface area contributed by atoms with Crippen LogP contribution in [0.15, 0.2) is 25.0 Å². The lowest BCUT2D eigenvalue weighted by Crippen LogP contribution is -1.93. The summed E-state index contributed by atoms with van der Waals surface area (Å²) in [7, 11) is 0. The lowest BCUT2D eigenvalue weighted by Gasteiger charge is -2.03. The largest absolute Gasteiger partial charge is 0.513 e. The Morgan fingerprint density at radius 3 is 2.50 bits per heavy atom. The van der Waals surface area contributed by atoms with E-state index in [0.29, 0.717) is 0 Å². The van der Waals surface area contributed by atoms with Gasteiger partial charge < -0.3 is 5.11 Å². The van der Waals surface area contributed by atoms with E-state index in [9.17, 15) is 0 Å². The van der Waals surface area contributed by atoms with Crippen LogP contribution in [0.5, 0.6) is 0 Å². The summed E-state index contributed by atoms with van der Waals surface area (Å²) in [5.41, 5.74) is 0. The average Bonchev–Trinajstić information content (AvgIpc) is 1.67. The van der Waals surface area contributed by atoms with E-state index in [0.717, 1.165) is 6.42 Å². The van der Waals surface area contributed by atoms with Crippen molar-refractivity contribution in [1.82, 2.24) is 0 Å². The molecule has 1 heteroatoms. The highest BCUT2D eigenvalue weighted by Crippen LogP contribution is 2.08. The molecule has 0 aliphatic carbocycles. The van der Waals surface area contributed by atoms with Crippen LogP contribution in [0.25, 0.3) is 0 Å². The van der Waals surface area contributed by atoms with Gasteiger partial charge in [0, 0.05) is 5.92 Å². The molecule has 0 saturated carbocycles. The molecular weight excluding hydrogens is 100 g/mol. The summed E-state index contributed by atoms with van der Waals surface area (Å²) in [6.07, 6.45) is 2.57. The molecule has 1 N–H and O–H groups in total. The van der Waals surface area contributed by atoms with Crippen LogP contribution in [0.3, 0.4) is 0 Å². The lowest BCUT2D eigenvalue weighted by atomic mass is 10.1. The molecule has 1 nitrogen and oxygen atoms in total. The normalized spacial score (nSPS) is 12.6. The molecule has 0 rings (SSSR count). The van der Waals surface area contributed by atoms with Crippen LogP contribution in [-0.4, -0.2) is 5.11 Å². The number of aliphatic hydroxyl groups is 1. The second-order valence-electron chi connectivity index (χ2n) is 1.92. The van der Waals surface area contributed by atoms with Gasteiger partial charge in [0.25, 0.3) is 0 Å². The van der Waals surface area contributed by atoms with E-state index < -0.39 is 0 Å². The molecule has 0 aliphatic heterocycles. The molecule has 0 fully saturated rings. The minimum atomic E-state index is 0.160. The van der Waals surface area contributed by atoms with Gasteiger partial charge in [0.2, 0.25) is 0 Å². The zero-order chi connectivity index (χ0) is 6.57. The topological polar surface area (TPSA) is 20.2 Å². The van der Waals surface area contributed by atoms with Gasteiger partial charge in [0.1, 0.15) is 0 Å². The smallest absolute Gasteiger partial charge is 0.0882 e. The Labute approximate surface area is 50.3 Å². The van der Waals surface area contributed by atoms with E-state index in [1.807, 2.05) is 6.92 Å². The summed E-state index contributed by atoms with van der Waals surface area (Å²) in [5.74, 6) is 0.400. The summed E-state index contributed by atoms with van der Waals surface area (Å²) in [5, 5.41) is 8.71. The van der Waals surface area contributed by atoms with Crippen LogP contribution in [0.2, 0.25) is 0 Å². The molecule has 1 unspecified atom stereocenters. The van der Waals surface area contributed by atoms with Crippen molar-refractivity contribution in [1.29, 1.82) is 0 Å². The summed E-state index contributed by atoms with van der Waals surface area (Å²) < 4.78 is 0. The van der Waals surface area contributed by atoms with Crippen molar-refractivity contribution in [2.75, 3.05) is 0 Å². The van der Waals surface area contributed by atoms with E-state index in [2.05, 4.69) is 13.2 Å². The van der Waals surface area contributed by atoms with Gasteiger partial charge in [-0.05, 0) is 6.42 Å². The predicted octanol–water partition coefficient (Wildman–Crippen LogP) is 2.27. The number of hydrogen-bond acceptors (Lipinski definition) is 1. The molecule has 0 radical (unpaired) electrons. The molecule has 46 valence electrons. The fraction of sp³-hybridized carbons (Fsp3) is 0.429. The van der Waals surface area contributed by atoms with Gasteiger partial charge in [-0.25, -0.2) is 0 Å². The van der Waals surface area contributed by atoms with Crippen LogP contribution >= 0.6 is 0 Å². The fourth-order valence-corrected chi connectivity index (χ4v) is 0.386. The molecule has 0 aromatic carbocycles. The lowest BCUT2D eigenvalue weighted by molar-refractivity contribution is 0.345. The first-order valence-electron chi connectivity index (χ1n) is 2.67. The average molecular weight is 112 g/mol. The van der Waals surface area contributed by atoms with Gasteiger partial charge in [-0.3, -0.25) is 0 Å². The maximum atomic E-state index is 8.71. The molecule has 0 aromatic heterocycles. The van der Waals surface area contributed by atoms with Crippen LogP contribution in [0.4, 0.5) is 0 Å². The molecular formula is C7H12O. The minimum Gasteiger partial charge on any atom is -0.513 e. The Kier molecular flexibility index (Phi) is 3.01. The van der Waals surface area contributed by atoms with Gasteiger partial charge in [-0.1, -0.05) is 19.6 Å². The Morgan fingerprint density at radius 2 is 2.38 bits per heavy atom. The van der Waals surface area contributed by atoms with Gasteiger partial charge >= 0.3 is 0 Å². The quantitative estimate of drug-likeness (QED) is 0.438. The summed E-state index contributed by atoms with van der Waals surface area (Å²) in [4.78, 5) is 0. The van der Waals surface area contributed by atoms with Crippen LogP contribution in [-0.2, 0) is 0 Å². The first-order valence-corrected chi connectivity index (χ1v) is 2.67. The molecule has 0 spiro atoms. The molecule has 0 aromatic rings. The van der Waals surface area contributed by atoms with Crippen molar-refractivity contribution < 1.29 is 5.11 Å². The minimum absolute atomic E-state index is 0.160. The molecule has 0 aliphatic rings. The third-order valence-electron chi connectivity index (χ3n) is 1.09. The summed E-state index contributed by atoms with van der Waals surface area (Å²) >= 11 is 0. The fourth-order valence-electron chi connectivity index (χ4n) is 0.386. The van der Waals surface area contributed by atoms with Crippen molar-refractivity contribution in [3.05, 3.63) is 25.0 Å². The Bertz CT molecular complexity index is 94.6. The van der Waals surface area contributed by atoms with Crippen LogP contribution in [0, 0.1) is 5.92 Å². The summed E-state index contributed by atoms with van der Waals surface area (Å²) in [6.45, 7) is 8.82. The molecule has 8 heavy (non-hydrogen) atoms. The molecule has 0 heterocycles. The van der Waals surface area contributed by atoms with Gasteiger partial charge in [0.05, 0.1) is 5.76 Å². The van der Waals surface area contributed by atoms with E-state index in [1.165, 1.54) is 0 Å². The van der Waals surface area contributed by atoms with E-state index in [1.54, 1.807) is 6.08 Å². The third kappa shape index (κ3) is 2.45. The third-order valence-corrected chi connectivity index (χ3v) is 1.09. The highest BCUT2D eigenvalue weighted by Gasteiger charge is 1.99. The van der Waals surface area contributed by atoms with E-state index in [4.69, 9.17) is 5.11 Å². The highest BCUT2D eigenvalue weighted by molar-refractivity contribution is 4.89. The van der Waals surface area contributed by atoms with Crippen molar-refractivity contribution >= 4 is 0 Å². The maximum Gasteiger partial charge on any atom is 0.0882 e. The number of allylic oxidation sites excluding steroid dienone is 2. The molecule has 1 atom stereocenters.